The number of aryl methyl sites for hydroxylation is 1. The van der Waals surface area contributed by atoms with Crippen molar-refractivity contribution in [3.8, 4) is 0 Å². The molecule has 8 nitrogen and oxygen atoms in total. The molecular formula is C26H30FN3O5S2. The Balaban J connectivity index is 1.64. The number of carbonyl (C=O) groups is 2. The van der Waals surface area contributed by atoms with Gasteiger partial charge in [-0.25, -0.2) is 12.8 Å². The number of thiazole rings is 1. The zero-order valence-electron chi connectivity index (χ0n) is 20.9. The summed E-state index contributed by atoms with van der Waals surface area (Å²) in [7, 11) is -2.56. The van der Waals surface area contributed by atoms with E-state index in [2.05, 4.69) is 18.0 Å². The van der Waals surface area contributed by atoms with Crippen LogP contribution in [0.25, 0.3) is 10.2 Å². The van der Waals surface area contributed by atoms with E-state index in [0.717, 1.165) is 41.6 Å². The Morgan fingerprint density at radius 3 is 2.65 bits per heavy atom. The molecule has 1 aliphatic heterocycles. The molecule has 1 amide bonds. The van der Waals surface area contributed by atoms with Crippen molar-refractivity contribution in [2.75, 3.05) is 20.2 Å². The summed E-state index contributed by atoms with van der Waals surface area (Å²) in [4.78, 5) is 30.1. The van der Waals surface area contributed by atoms with E-state index in [1.807, 2.05) is 12.1 Å². The predicted octanol–water partition coefficient (Wildman–Crippen LogP) is 3.89. The van der Waals surface area contributed by atoms with Gasteiger partial charge in [0, 0.05) is 13.1 Å². The van der Waals surface area contributed by atoms with Crippen molar-refractivity contribution in [3.05, 3.63) is 58.6 Å². The van der Waals surface area contributed by atoms with Crippen LogP contribution in [0.15, 0.2) is 52.4 Å². The Kier molecular flexibility index (Phi) is 8.56. The van der Waals surface area contributed by atoms with Crippen LogP contribution in [0, 0.1) is 11.7 Å². The highest BCUT2D eigenvalue weighted by Crippen LogP contribution is 2.25. The van der Waals surface area contributed by atoms with Crippen LogP contribution >= 0.6 is 11.3 Å². The summed E-state index contributed by atoms with van der Waals surface area (Å²) >= 11 is 1.32. The molecule has 2 heterocycles. The van der Waals surface area contributed by atoms with Gasteiger partial charge in [0.05, 0.1) is 28.1 Å². The number of aromatic nitrogens is 1. The molecule has 0 radical (unpaired) electrons. The van der Waals surface area contributed by atoms with Crippen LogP contribution in [-0.4, -0.2) is 49.4 Å². The molecule has 0 spiro atoms. The van der Waals surface area contributed by atoms with Gasteiger partial charge in [0.15, 0.2) is 4.80 Å². The normalized spacial score (nSPS) is 17.3. The summed E-state index contributed by atoms with van der Waals surface area (Å²) in [5.74, 6) is -2.04. The summed E-state index contributed by atoms with van der Waals surface area (Å²) in [5, 5.41) is 0. The average Bonchev–Trinajstić information content (AvgIpc) is 3.23. The molecule has 0 aliphatic carbocycles. The van der Waals surface area contributed by atoms with E-state index in [-0.39, 0.29) is 24.5 Å². The fourth-order valence-corrected chi connectivity index (χ4v) is 7.01. The molecule has 1 saturated heterocycles. The van der Waals surface area contributed by atoms with Gasteiger partial charge in [0.1, 0.15) is 12.4 Å². The molecule has 0 bridgehead atoms. The van der Waals surface area contributed by atoms with Crippen molar-refractivity contribution in [3.63, 3.8) is 0 Å². The van der Waals surface area contributed by atoms with Gasteiger partial charge in [0.2, 0.25) is 10.0 Å². The second-order valence-electron chi connectivity index (χ2n) is 9.06. The highest BCUT2D eigenvalue weighted by molar-refractivity contribution is 7.89. The quantitative estimate of drug-likeness (QED) is 0.399. The molecule has 4 rings (SSSR count). The Morgan fingerprint density at radius 2 is 1.95 bits per heavy atom. The summed E-state index contributed by atoms with van der Waals surface area (Å²) in [6, 6.07) is 10.7. The second kappa shape index (κ2) is 11.7. The number of carbonyl (C=O) groups excluding carboxylic acids is 2. The molecule has 198 valence electrons. The lowest BCUT2D eigenvalue weighted by molar-refractivity contribution is -0.141. The van der Waals surface area contributed by atoms with Crippen molar-refractivity contribution in [1.82, 2.24) is 8.87 Å². The molecule has 3 aromatic rings. The number of rotatable bonds is 8. The first-order chi connectivity index (χ1) is 17.7. The molecule has 0 saturated carbocycles. The van der Waals surface area contributed by atoms with E-state index in [1.54, 1.807) is 4.57 Å². The lowest BCUT2D eigenvalue weighted by Crippen LogP contribution is -2.42. The number of esters is 1. The van der Waals surface area contributed by atoms with E-state index in [4.69, 9.17) is 4.74 Å². The topological polar surface area (TPSA) is 98.0 Å². The molecule has 1 aromatic heterocycles. The summed E-state index contributed by atoms with van der Waals surface area (Å²) in [6.07, 6.45) is 4.08. The van der Waals surface area contributed by atoms with Crippen molar-refractivity contribution < 1.29 is 27.1 Å². The second-order valence-corrected chi connectivity index (χ2v) is 12.0. The van der Waals surface area contributed by atoms with Crippen LogP contribution in [0.5, 0.6) is 0 Å². The van der Waals surface area contributed by atoms with Gasteiger partial charge in [-0.05, 0) is 67.6 Å². The third kappa shape index (κ3) is 6.16. The van der Waals surface area contributed by atoms with Gasteiger partial charge in [-0.15, -0.1) is 0 Å². The smallest absolute Gasteiger partial charge is 0.325 e. The standard InChI is InChI=1S/C26H30FN3O5S2/c1-3-4-6-18-8-13-22-23(15-18)36-26(30(22)17-24(31)35-2)28-25(32)19-7-5-14-29(16-19)37(33,34)21-11-9-20(27)10-12-21/h8-13,15,19H,3-7,14,16-17H2,1-2H3. The molecule has 37 heavy (non-hydrogen) atoms. The maximum absolute atomic E-state index is 13.3. The van der Waals surface area contributed by atoms with Crippen LogP contribution < -0.4 is 4.80 Å². The minimum absolute atomic E-state index is 0.00882. The minimum Gasteiger partial charge on any atom is -0.468 e. The highest BCUT2D eigenvalue weighted by atomic mass is 32.2. The third-order valence-corrected chi connectivity index (χ3v) is 9.39. The summed E-state index contributed by atoms with van der Waals surface area (Å²) in [5.41, 5.74) is 1.96. The highest BCUT2D eigenvalue weighted by Gasteiger charge is 2.33. The van der Waals surface area contributed by atoms with Gasteiger partial charge in [-0.3, -0.25) is 9.59 Å². The largest absolute Gasteiger partial charge is 0.468 e. The fraction of sp³-hybridized carbons (Fsp3) is 0.423. The van der Waals surface area contributed by atoms with Crippen molar-refractivity contribution >= 4 is 43.5 Å². The van der Waals surface area contributed by atoms with Gasteiger partial charge in [-0.2, -0.15) is 9.30 Å². The maximum Gasteiger partial charge on any atom is 0.325 e. The number of sulfonamides is 1. The number of hydrogen-bond acceptors (Lipinski definition) is 6. The number of ether oxygens (including phenoxy) is 1. The number of piperidine rings is 1. The Labute approximate surface area is 219 Å². The predicted molar refractivity (Wildman–Crippen MR) is 139 cm³/mol. The monoisotopic (exact) mass is 547 g/mol. The molecular weight excluding hydrogens is 517 g/mol. The van der Waals surface area contributed by atoms with E-state index >= 15 is 0 Å². The van der Waals surface area contributed by atoms with Crippen molar-refractivity contribution in [2.24, 2.45) is 10.9 Å². The Bertz CT molecular complexity index is 1460. The Morgan fingerprint density at radius 1 is 1.19 bits per heavy atom. The third-order valence-electron chi connectivity index (χ3n) is 6.47. The molecule has 1 unspecified atom stereocenters. The maximum atomic E-state index is 13.3. The number of nitrogens with zero attached hydrogens (tertiary/aromatic N) is 3. The number of halogens is 1. The number of hydrogen-bond donors (Lipinski definition) is 0. The molecule has 1 atom stereocenters. The van der Waals surface area contributed by atoms with Crippen LogP contribution in [-0.2, 0) is 37.3 Å². The van der Waals surface area contributed by atoms with E-state index in [1.165, 1.54) is 40.4 Å². The van der Waals surface area contributed by atoms with Crippen LogP contribution in [0.2, 0.25) is 0 Å². The van der Waals surface area contributed by atoms with Crippen LogP contribution in [0.4, 0.5) is 4.39 Å². The van der Waals surface area contributed by atoms with Gasteiger partial charge >= 0.3 is 5.97 Å². The molecule has 0 N–H and O–H groups in total. The number of amides is 1. The van der Waals surface area contributed by atoms with Crippen molar-refractivity contribution in [2.45, 2.75) is 50.5 Å². The SMILES string of the molecule is CCCCc1ccc2c(c1)sc(=NC(=O)C1CCCN(S(=O)(=O)c3ccc(F)cc3)C1)n2CC(=O)OC. The first-order valence-corrected chi connectivity index (χ1v) is 14.5. The van der Waals surface area contributed by atoms with E-state index < -0.39 is 33.6 Å². The zero-order chi connectivity index (χ0) is 26.6. The lowest BCUT2D eigenvalue weighted by atomic mass is 9.99. The molecule has 2 aromatic carbocycles. The average molecular weight is 548 g/mol. The lowest BCUT2D eigenvalue weighted by Gasteiger charge is -2.30. The summed E-state index contributed by atoms with van der Waals surface area (Å²) in [6.45, 7) is 2.31. The van der Waals surface area contributed by atoms with Gasteiger partial charge in [0.25, 0.3) is 5.91 Å². The zero-order valence-corrected chi connectivity index (χ0v) is 22.5. The summed E-state index contributed by atoms with van der Waals surface area (Å²) < 4.78 is 48.1. The number of fused-ring (bicyclic) bond motifs is 1. The number of unbranched alkanes of at least 4 members (excludes halogenated alkanes) is 1. The van der Waals surface area contributed by atoms with Crippen LogP contribution in [0.3, 0.4) is 0 Å². The number of methoxy groups -OCH3 is 1. The number of benzene rings is 2. The van der Waals surface area contributed by atoms with E-state index in [9.17, 15) is 22.4 Å². The van der Waals surface area contributed by atoms with Crippen LogP contribution in [0.1, 0.15) is 38.2 Å². The molecule has 11 heteroatoms. The minimum atomic E-state index is -3.87. The fourth-order valence-electron chi connectivity index (χ4n) is 4.39. The van der Waals surface area contributed by atoms with Crippen molar-refractivity contribution in [1.29, 1.82) is 0 Å². The Hall–Kier alpha value is -2.89. The first kappa shape index (κ1) is 27.2. The first-order valence-electron chi connectivity index (χ1n) is 12.3. The van der Waals surface area contributed by atoms with E-state index in [0.29, 0.717) is 17.6 Å². The van der Waals surface area contributed by atoms with Gasteiger partial charge in [-0.1, -0.05) is 30.7 Å². The molecule has 1 aliphatic rings. The molecule has 1 fully saturated rings. The van der Waals surface area contributed by atoms with Gasteiger partial charge < -0.3 is 9.30 Å².